The molecule has 6 aromatic rings. The third-order valence-corrected chi connectivity index (χ3v) is 6.73. The molecule has 7 heteroatoms. The summed E-state index contributed by atoms with van der Waals surface area (Å²) < 4.78 is 2.08. The predicted octanol–water partition coefficient (Wildman–Crippen LogP) is 6.53. The molecular formula is C32H19N7. The molecule has 0 saturated heterocycles. The average molecular weight is 502 g/mol. The summed E-state index contributed by atoms with van der Waals surface area (Å²) >= 11 is 0. The smallest absolute Gasteiger partial charge is 0.163 e. The van der Waals surface area contributed by atoms with Gasteiger partial charge >= 0.3 is 0 Å². The molecule has 0 radical (unpaired) electrons. The lowest BCUT2D eigenvalue weighted by Crippen LogP contribution is -2.02. The molecule has 0 spiro atoms. The number of aromatic nitrogens is 4. The lowest BCUT2D eigenvalue weighted by atomic mass is 9.97. The maximum Gasteiger partial charge on any atom is 0.163 e. The lowest BCUT2D eigenvalue weighted by molar-refractivity contribution is 0.928. The highest BCUT2D eigenvalue weighted by molar-refractivity contribution is 6.10. The van der Waals surface area contributed by atoms with Crippen molar-refractivity contribution in [2.75, 3.05) is 0 Å². The van der Waals surface area contributed by atoms with Gasteiger partial charge in [0.15, 0.2) is 5.82 Å². The summed E-state index contributed by atoms with van der Waals surface area (Å²) in [6.45, 7) is 3.66. The first kappa shape index (κ1) is 23.6. The fourth-order valence-electron chi connectivity index (χ4n) is 5.05. The number of benzene rings is 4. The van der Waals surface area contributed by atoms with Crippen LogP contribution in [0.3, 0.4) is 0 Å². The van der Waals surface area contributed by atoms with Crippen LogP contribution in [0.1, 0.15) is 28.3 Å². The van der Waals surface area contributed by atoms with Crippen LogP contribution in [0.25, 0.3) is 50.0 Å². The number of nitriles is 3. The minimum absolute atomic E-state index is 0.427. The second-order valence-corrected chi connectivity index (χ2v) is 9.17. The largest absolute Gasteiger partial charge is 0.308 e. The first-order valence-corrected chi connectivity index (χ1v) is 12.2. The third-order valence-electron chi connectivity index (χ3n) is 6.73. The monoisotopic (exact) mass is 501 g/mol. The highest BCUT2D eigenvalue weighted by atomic mass is 15.0. The van der Waals surface area contributed by atoms with E-state index in [1.54, 1.807) is 24.3 Å². The minimum atomic E-state index is 0.427. The Morgan fingerprint density at radius 3 is 2.08 bits per heavy atom. The van der Waals surface area contributed by atoms with Crippen LogP contribution in [0.2, 0.25) is 0 Å². The fourth-order valence-corrected chi connectivity index (χ4v) is 5.05. The van der Waals surface area contributed by atoms with Crippen LogP contribution in [0.4, 0.5) is 0 Å². The molecule has 0 N–H and O–H groups in total. The van der Waals surface area contributed by atoms with Crippen molar-refractivity contribution >= 4 is 21.8 Å². The highest BCUT2D eigenvalue weighted by Gasteiger charge is 2.18. The predicted molar refractivity (Wildman–Crippen MR) is 149 cm³/mol. The van der Waals surface area contributed by atoms with Gasteiger partial charge in [0.25, 0.3) is 0 Å². The van der Waals surface area contributed by atoms with Gasteiger partial charge in [-0.2, -0.15) is 15.8 Å². The maximum atomic E-state index is 10.1. The summed E-state index contributed by atoms with van der Waals surface area (Å²) in [4.78, 5) is 13.3. The van der Waals surface area contributed by atoms with Gasteiger partial charge in [0.05, 0.1) is 45.5 Å². The second kappa shape index (κ2) is 9.23. The van der Waals surface area contributed by atoms with E-state index in [1.807, 2.05) is 62.4 Å². The molecule has 0 saturated carbocycles. The number of rotatable bonds is 3. The first-order chi connectivity index (χ1) is 19.0. The van der Waals surface area contributed by atoms with Gasteiger partial charge in [-0.05, 0) is 67.4 Å². The van der Waals surface area contributed by atoms with Gasteiger partial charge < -0.3 is 4.57 Å². The van der Waals surface area contributed by atoms with Crippen molar-refractivity contribution < 1.29 is 0 Å². The normalized spacial score (nSPS) is 10.7. The van der Waals surface area contributed by atoms with Gasteiger partial charge in [0, 0.05) is 16.3 Å². The van der Waals surface area contributed by atoms with Gasteiger partial charge in [0.2, 0.25) is 0 Å². The summed E-state index contributed by atoms with van der Waals surface area (Å²) in [6, 6.07) is 31.5. The van der Waals surface area contributed by atoms with Crippen LogP contribution in [0.15, 0.2) is 78.9 Å². The van der Waals surface area contributed by atoms with Crippen LogP contribution in [-0.2, 0) is 0 Å². The molecule has 4 aromatic carbocycles. The SMILES string of the molecule is Cc1nc(C)nc(-c2ccc(C#N)c(-n3c4ccccc4c4ccc(-c5ccc(C#N)cc5C#N)cc43)c2)n1. The van der Waals surface area contributed by atoms with Crippen molar-refractivity contribution in [1.82, 2.24) is 19.5 Å². The van der Waals surface area contributed by atoms with E-state index in [0.29, 0.717) is 39.9 Å². The Morgan fingerprint density at radius 2 is 1.33 bits per heavy atom. The molecule has 0 fully saturated rings. The fraction of sp³-hybridized carbons (Fsp3) is 0.0625. The first-order valence-electron chi connectivity index (χ1n) is 12.2. The molecule has 0 aliphatic rings. The Hall–Kier alpha value is -5.84. The molecule has 0 atom stereocenters. The molecule has 7 nitrogen and oxygen atoms in total. The summed E-state index contributed by atoms with van der Waals surface area (Å²) in [7, 11) is 0. The van der Waals surface area contributed by atoms with E-state index in [4.69, 9.17) is 0 Å². The van der Waals surface area contributed by atoms with E-state index in [-0.39, 0.29) is 0 Å². The molecule has 0 aliphatic heterocycles. The topological polar surface area (TPSA) is 115 Å². The van der Waals surface area contributed by atoms with Gasteiger partial charge in [-0.15, -0.1) is 0 Å². The van der Waals surface area contributed by atoms with E-state index in [0.717, 1.165) is 38.5 Å². The van der Waals surface area contributed by atoms with Crippen molar-refractivity contribution in [3.05, 3.63) is 107 Å². The van der Waals surface area contributed by atoms with Gasteiger partial charge in [-0.3, -0.25) is 0 Å². The molecule has 0 bridgehead atoms. The summed E-state index contributed by atoms with van der Waals surface area (Å²) in [5.74, 6) is 1.80. The zero-order valence-electron chi connectivity index (χ0n) is 21.1. The highest BCUT2D eigenvalue weighted by Crippen LogP contribution is 2.37. The van der Waals surface area contributed by atoms with Crippen LogP contribution >= 0.6 is 0 Å². The third kappa shape index (κ3) is 3.94. The summed E-state index contributed by atoms with van der Waals surface area (Å²) in [5, 5.41) is 31.2. The number of aryl methyl sites for hydroxylation is 2. The maximum absolute atomic E-state index is 10.1. The van der Waals surface area contributed by atoms with Crippen molar-refractivity contribution in [3.8, 4) is 46.4 Å². The number of fused-ring (bicyclic) bond motifs is 3. The molecule has 0 unspecified atom stereocenters. The Kier molecular flexibility index (Phi) is 5.57. The molecule has 2 aromatic heterocycles. The quantitative estimate of drug-likeness (QED) is 0.272. The number of hydrogen-bond donors (Lipinski definition) is 0. The Labute approximate surface area is 224 Å². The van der Waals surface area contributed by atoms with Crippen LogP contribution in [0, 0.1) is 47.8 Å². The van der Waals surface area contributed by atoms with Gasteiger partial charge in [-0.25, -0.2) is 15.0 Å². The Bertz CT molecular complexity index is 2060. The van der Waals surface area contributed by atoms with Crippen molar-refractivity contribution in [2.45, 2.75) is 13.8 Å². The summed E-state index contributed by atoms with van der Waals surface area (Å²) in [6.07, 6.45) is 0. The van der Waals surface area contributed by atoms with Gasteiger partial charge in [-0.1, -0.05) is 36.4 Å². The van der Waals surface area contributed by atoms with E-state index in [1.165, 1.54) is 0 Å². The molecule has 6 rings (SSSR count). The van der Waals surface area contributed by atoms with Crippen molar-refractivity contribution in [3.63, 3.8) is 0 Å². The number of para-hydroxylation sites is 1. The number of hydrogen-bond acceptors (Lipinski definition) is 6. The molecule has 182 valence electrons. The molecular weight excluding hydrogens is 482 g/mol. The standard InChI is InChI=1S/C32H19N7/c1-19-36-20(2)38-32(37-19)23-8-9-24(17-34)30(15-23)39-29-6-4-3-5-27(29)28-12-10-22(14-31(28)39)26-11-7-21(16-33)13-25(26)18-35/h3-15H,1-2H3. The van der Waals surface area contributed by atoms with Gasteiger partial charge in [0.1, 0.15) is 17.7 Å². The zero-order valence-corrected chi connectivity index (χ0v) is 21.1. The Balaban J connectivity index is 1.66. The van der Waals surface area contributed by atoms with Crippen molar-refractivity contribution in [1.29, 1.82) is 15.8 Å². The van der Waals surface area contributed by atoms with Crippen LogP contribution in [-0.4, -0.2) is 19.5 Å². The molecule has 0 amide bonds. The van der Waals surface area contributed by atoms with Crippen LogP contribution in [0.5, 0.6) is 0 Å². The second-order valence-electron chi connectivity index (χ2n) is 9.17. The van der Waals surface area contributed by atoms with E-state index in [9.17, 15) is 15.8 Å². The minimum Gasteiger partial charge on any atom is -0.308 e. The van der Waals surface area contributed by atoms with Crippen LogP contribution < -0.4 is 0 Å². The zero-order chi connectivity index (χ0) is 27.1. The van der Waals surface area contributed by atoms with Crippen molar-refractivity contribution in [2.24, 2.45) is 0 Å². The lowest BCUT2D eigenvalue weighted by Gasteiger charge is -2.13. The number of nitrogens with zero attached hydrogens (tertiary/aromatic N) is 7. The molecule has 0 aliphatic carbocycles. The van der Waals surface area contributed by atoms with E-state index in [2.05, 4.69) is 43.8 Å². The molecule has 39 heavy (non-hydrogen) atoms. The average Bonchev–Trinajstić information content (AvgIpc) is 3.29. The summed E-state index contributed by atoms with van der Waals surface area (Å²) in [5.41, 5.74) is 6.26. The van der Waals surface area contributed by atoms with E-state index >= 15 is 0 Å². The Morgan fingerprint density at radius 1 is 0.615 bits per heavy atom. The van der Waals surface area contributed by atoms with E-state index < -0.39 is 0 Å². The molecule has 2 heterocycles.